The van der Waals surface area contributed by atoms with Gasteiger partial charge < -0.3 is 10.2 Å². The van der Waals surface area contributed by atoms with Crippen LogP contribution >= 0.6 is 0 Å². The minimum absolute atomic E-state index is 0.791. The third kappa shape index (κ3) is 5.43. The van der Waals surface area contributed by atoms with Gasteiger partial charge in [-0.3, -0.25) is 0 Å². The number of nitrogens with zero attached hydrogens (tertiary/aromatic N) is 1. The molecule has 1 saturated heterocycles. The Morgan fingerprint density at radius 2 is 1.95 bits per heavy atom. The fourth-order valence-electron chi connectivity index (χ4n) is 3.98. The molecule has 0 aromatic rings. The Hall–Kier alpha value is -0.0800. The first kappa shape index (κ1) is 15.3. The fraction of sp³-hybridized carbons (Fsp3) is 1.00. The highest BCUT2D eigenvalue weighted by Gasteiger charge is 2.21. The van der Waals surface area contributed by atoms with E-state index < -0.39 is 0 Å². The lowest BCUT2D eigenvalue weighted by molar-refractivity contribution is 0.259. The van der Waals surface area contributed by atoms with E-state index in [0.29, 0.717) is 0 Å². The Labute approximate surface area is 120 Å². The van der Waals surface area contributed by atoms with E-state index in [1.165, 1.54) is 77.5 Å². The first-order chi connectivity index (χ1) is 9.28. The van der Waals surface area contributed by atoms with Crippen LogP contribution in [0.2, 0.25) is 0 Å². The van der Waals surface area contributed by atoms with Crippen molar-refractivity contribution in [3.63, 3.8) is 0 Å². The average molecular weight is 266 g/mol. The Morgan fingerprint density at radius 1 is 1.05 bits per heavy atom. The summed E-state index contributed by atoms with van der Waals surface area (Å²) in [6.45, 7) is 9.94. The van der Waals surface area contributed by atoms with E-state index in [4.69, 9.17) is 0 Å². The van der Waals surface area contributed by atoms with Crippen molar-refractivity contribution in [3.05, 3.63) is 0 Å². The zero-order valence-corrected chi connectivity index (χ0v) is 13.2. The monoisotopic (exact) mass is 266 g/mol. The first-order valence-electron chi connectivity index (χ1n) is 8.73. The zero-order chi connectivity index (χ0) is 13.5. The van der Waals surface area contributed by atoms with Gasteiger partial charge in [0.1, 0.15) is 0 Å². The second-order valence-corrected chi connectivity index (χ2v) is 7.02. The molecule has 0 spiro atoms. The molecule has 1 aliphatic carbocycles. The van der Waals surface area contributed by atoms with Crippen LogP contribution in [0, 0.1) is 11.8 Å². The van der Waals surface area contributed by atoms with Gasteiger partial charge in [-0.25, -0.2) is 0 Å². The molecule has 2 aliphatic rings. The van der Waals surface area contributed by atoms with E-state index in [-0.39, 0.29) is 0 Å². The Balaban J connectivity index is 1.65. The van der Waals surface area contributed by atoms with Crippen LogP contribution in [0.3, 0.4) is 0 Å². The van der Waals surface area contributed by atoms with Gasteiger partial charge in [-0.2, -0.15) is 0 Å². The predicted octanol–water partition coefficient (Wildman–Crippen LogP) is 3.67. The van der Waals surface area contributed by atoms with Gasteiger partial charge in [0.25, 0.3) is 0 Å². The number of likely N-dealkylation sites (tertiary alicyclic amines) is 1. The van der Waals surface area contributed by atoms with Gasteiger partial charge in [-0.05, 0) is 76.5 Å². The third-order valence-corrected chi connectivity index (χ3v) is 5.10. The summed E-state index contributed by atoms with van der Waals surface area (Å²) in [5, 5.41) is 3.89. The lowest BCUT2D eigenvalue weighted by Crippen LogP contribution is -2.35. The molecule has 2 nitrogen and oxygen atoms in total. The summed E-state index contributed by atoms with van der Waals surface area (Å²) in [5.74, 6) is 1.92. The van der Waals surface area contributed by atoms with Crippen molar-refractivity contribution in [3.8, 4) is 0 Å². The van der Waals surface area contributed by atoms with Gasteiger partial charge in [0, 0.05) is 6.04 Å². The molecule has 0 amide bonds. The third-order valence-electron chi connectivity index (χ3n) is 5.10. The lowest BCUT2D eigenvalue weighted by atomic mass is 9.82. The van der Waals surface area contributed by atoms with Crippen LogP contribution in [0.4, 0.5) is 0 Å². The second-order valence-electron chi connectivity index (χ2n) is 7.02. The highest BCUT2D eigenvalue weighted by atomic mass is 15.1. The quantitative estimate of drug-likeness (QED) is 0.817. The van der Waals surface area contributed by atoms with Gasteiger partial charge in [0.15, 0.2) is 0 Å². The van der Waals surface area contributed by atoms with Crippen molar-refractivity contribution in [1.82, 2.24) is 10.2 Å². The summed E-state index contributed by atoms with van der Waals surface area (Å²) in [5.41, 5.74) is 0. The maximum atomic E-state index is 3.89. The standard InChI is InChI=1S/C17H34N2/c1-3-10-19-11-5-8-17(9-12-19)18-14-16-7-4-6-15(2)13-16/h15-18H,3-14H2,1-2H3. The number of hydrogen-bond donors (Lipinski definition) is 1. The average Bonchev–Trinajstić information content (AvgIpc) is 2.63. The van der Waals surface area contributed by atoms with Crippen molar-refractivity contribution in [1.29, 1.82) is 0 Å². The number of hydrogen-bond acceptors (Lipinski definition) is 2. The van der Waals surface area contributed by atoms with Crippen LogP contribution in [-0.4, -0.2) is 37.1 Å². The summed E-state index contributed by atoms with van der Waals surface area (Å²) >= 11 is 0. The first-order valence-corrected chi connectivity index (χ1v) is 8.73. The SMILES string of the molecule is CCCN1CCCC(NCC2CCCC(C)C2)CC1. The fourth-order valence-corrected chi connectivity index (χ4v) is 3.98. The Kier molecular flexibility index (Phi) is 6.66. The summed E-state index contributed by atoms with van der Waals surface area (Å²) in [7, 11) is 0. The second kappa shape index (κ2) is 8.26. The van der Waals surface area contributed by atoms with Crippen LogP contribution in [0.15, 0.2) is 0 Å². The molecule has 19 heavy (non-hydrogen) atoms. The Morgan fingerprint density at radius 3 is 2.74 bits per heavy atom. The maximum absolute atomic E-state index is 3.89. The van der Waals surface area contributed by atoms with Crippen molar-refractivity contribution < 1.29 is 0 Å². The van der Waals surface area contributed by atoms with E-state index in [1.54, 1.807) is 0 Å². The molecule has 3 unspecified atom stereocenters. The Bertz CT molecular complexity index is 241. The molecule has 1 aliphatic heterocycles. The molecule has 1 heterocycles. The van der Waals surface area contributed by atoms with Gasteiger partial charge in [-0.15, -0.1) is 0 Å². The molecule has 2 fully saturated rings. The maximum Gasteiger partial charge on any atom is 0.00798 e. The van der Waals surface area contributed by atoms with Crippen LogP contribution in [0.1, 0.15) is 65.2 Å². The van der Waals surface area contributed by atoms with E-state index in [1.807, 2.05) is 0 Å². The molecule has 2 rings (SSSR count). The largest absolute Gasteiger partial charge is 0.314 e. The van der Waals surface area contributed by atoms with Crippen LogP contribution < -0.4 is 5.32 Å². The van der Waals surface area contributed by atoms with Crippen molar-refractivity contribution in [2.75, 3.05) is 26.2 Å². The smallest absolute Gasteiger partial charge is 0.00798 e. The molecule has 112 valence electrons. The predicted molar refractivity (Wildman–Crippen MR) is 83.5 cm³/mol. The van der Waals surface area contributed by atoms with Gasteiger partial charge in [0.05, 0.1) is 0 Å². The van der Waals surface area contributed by atoms with Crippen LogP contribution in [0.5, 0.6) is 0 Å². The summed E-state index contributed by atoms with van der Waals surface area (Å²) < 4.78 is 0. The molecule has 0 radical (unpaired) electrons. The highest BCUT2D eigenvalue weighted by molar-refractivity contribution is 4.78. The molecule has 0 aromatic heterocycles. The summed E-state index contributed by atoms with van der Waals surface area (Å²) in [6.07, 6.45) is 11.3. The van der Waals surface area contributed by atoms with E-state index in [9.17, 15) is 0 Å². The van der Waals surface area contributed by atoms with Gasteiger partial charge in [-0.1, -0.05) is 26.7 Å². The molecule has 1 saturated carbocycles. The number of rotatable bonds is 5. The molecular weight excluding hydrogens is 232 g/mol. The number of nitrogens with one attached hydrogen (secondary N) is 1. The van der Waals surface area contributed by atoms with Gasteiger partial charge in [0.2, 0.25) is 0 Å². The minimum atomic E-state index is 0.791. The van der Waals surface area contributed by atoms with E-state index in [2.05, 4.69) is 24.1 Å². The zero-order valence-electron chi connectivity index (χ0n) is 13.2. The summed E-state index contributed by atoms with van der Waals surface area (Å²) in [4.78, 5) is 2.66. The van der Waals surface area contributed by atoms with Crippen molar-refractivity contribution in [2.24, 2.45) is 11.8 Å². The lowest BCUT2D eigenvalue weighted by Gasteiger charge is -2.28. The highest BCUT2D eigenvalue weighted by Crippen LogP contribution is 2.28. The molecular formula is C17H34N2. The molecule has 1 N–H and O–H groups in total. The van der Waals surface area contributed by atoms with Crippen LogP contribution in [-0.2, 0) is 0 Å². The minimum Gasteiger partial charge on any atom is -0.314 e. The van der Waals surface area contributed by atoms with Crippen molar-refractivity contribution >= 4 is 0 Å². The summed E-state index contributed by atoms with van der Waals surface area (Å²) in [6, 6.07) is 0.791. The van der Waals surface area contributed by atoms with E-state index >= 15 is 0 Å². The molecule has 0 bridgehead atoms. The molecule has 3 atom stereocenters. The van der Waals surface area contributed by atoms with Gasteiger partial charge >= 0.3 is 0 Å². The van der Waals surface area contributed by atoms with Crippen molar-refractivity contribution in [2.45, 2.75) is 71.3 Å². The van der Waals surface area contributed by atoms with Crippen LogP contribution in [0.25, 0.3) is 0 Å². The molecule has 0 aromatic carbocycles. The normalized spacial score (nSPS) is 34.1. The van der Waals surface area contributed by atoms with E-state index in [0.717, 1.165) is 17.9 Å². The topological polar surface area (TPSA) is 15.3 Å². The molecule has 2 heteroatoms.